The van der Waals surface area contributed by atoms with E-state index in [9.17, 15) is 14.0 Å². The average molecular weight is 550 g/mol. The summed E-state index contributed by atoms with van der Waals surface area (Å²) in [6.45, 7) is 5.97. The molecule has 4 unspecified atom stereocenters. The Bertz CT molecular complexity index is 1060. The van der Waals surface area contributed by atoms with E-state index in [4.69, 9.17) is 10.5 Å². The van der Waals surface area contributed by atoms with Gasteiger partial charge in [-0.2, -0.15) is 0 Å². The number of piperidine rings is 1. The number of piperazine rings is 1. The number of carbonyl (C=O) groups excluding carboxylic acids is 2. The number of nitrogens with two attached hydrogens (primary N) is 1. The first-order valence-corrected chi connectivity index (χ1v) is 13.8. The zero-order chi connectivity index (χ0) is 27.1. The fourth-order valence-electron chi connectivity index (χ4n) is 6.39. The van der Waals surface area contributed by atoms with Gasteiger partial charge in [-0.3, -0.25) is 24.8 Å². The molecule has 1 aromatic rings. The highest BCUT2D eigenvalue weighted by molar-refractivity contribution is 5.96. The summed E-state index contributed by atoms with van der Waals surface area (Å²) < 4.78 is 34.2. The van der Waals surface area contributed by atoms with Crippen LogP contribution in [0.15, 0.2) is 12.4 Å². The molecule has 12 nitrogen and oxygen atoms in total. The third-order valence-corrected chi connectivity index (χ3v) is 8.68. The topological polar surface area (TPSA) is 131 Å². The third kappa shape index (κ3) is 5.33. The number of nitrogens with one attached hydrogen (secondary N) is 3. The predicted octanol–water partition coefficient (Wildman–Crippen LogP) is -1.09. The molecule has 5 fully saturated rings. The zero-order valence-electron chi connectivity index (χ0n) is 21.9. The molecule has 6 heterocycles. The first kappa shape index (κ1) is 26.7. The molecule has 0 aliphatic carbocycles. The molecule has 0 radical (unpaired) electrons. The number of halogens is 2. The number of carbonyl (C=O) groups is 2. The lowest BCUT2D eigenvalue weighted by Gasteiger charge is -2.43. The van der Waals surface area contributed by atoms with E-state index in [2.05, 4.69) is 25.9 Å². The van der Waals surface area contributed by atoms with Crippen LogP contribution in [0.3, 0.4) is 0 Å². The Hall–Kier alpha value is -2.49. The van der Waals surface area contributed by atoms with Gasteiger partial charge in [-0.1, -0.05) is 0 Å². The van der Waals surface area contributed by atoms with Gasteiger partial charge in [-0.15, -0.1) is 0 Å². The molecule has 5 aliphatic rings. The molecule has 6 rings (SSSR count). The molecule has 2 amide bonds. The smallest absolute Gasteiger partial charge is 0.233 e. The number of anilines is 2. The van der Waals surface area contributed by atoms with Crippen LogP contribution >= 0.6 is 0 Å². The first-order valence-electron chi connectivity index (χ1n) is 13.8. The molecular weight excluding hydrogens is 512 g/mol. The van der Waals surface area contributed by atoms with Crippen molar-refractivity contribution in [3.8, 4) is 0 Å². The predicted molar refractivity (Wildman–Crippen MR) is 139 cm³/mol. The molecule has 214 valence electrons. The number of amides is 2. The van der Waals surface area contributed by atoms with Crippen LogP contribution in [0.5, 0.6) is 0 Å². The summed E-state index contributed by atoms with van der Waals surface area (Å²) in [7, 11) is 0. The van der Waals surface area contributed by atoms with Gasteiger partial charge < -0.3 is 25.6 Å². The number of nitrogens with zero attached hydrogens (tertiary/aromatic N) is 5. The van der Waals surface area contributed by atoms with E-state index in [-0.39, 0.29) is 36.3 Å². The maximum Gasteiger partial charge on any atom is 0.233 e. The van der Waals surface area contributed by atoms with E-state index in [1.165, 1.54) is 6.20 Å². The van der Waals surface area contributed by atoms with Gasteiger partial charge in [0.1, 0.15) is 11.9 Å². The molecule has 0 spiro atoms. The maximum atomic E-state index is 15.1. The molecule has 1 aromatic heterocycles. The van der Waals surface area contributed by atoms with Crippen molar-refractivity contribution in [2.75, 3.05) is 75.8 Å². The second kappa shape index (κ2) is 11.2. The number of pyridine rings is 1. The Balaban J connectivity index is 1.07. The van der Waals surface area contributed by atoms with Gasteiger partial charge in [-0.05, 0) is 12.8 Å². The van der Waals surface area contributed by atoms with Crippen molar-refractivity contribution >= 4 is 23.2 Å². The Labute approximate surface area is 226 Å². The van der Waals surface area contributed by atoms with Crippen LogP contribution in [0.25, 0.3) is 0 Å². The summed E-state index contributed by atoms with van der Waals surface area (Å²) >= 11 is 0. The minimum atomic E-state index is -1.07. The highest BCUT2D eigenvalue weighted by Crippen LogP contribution is 2.33. The van der Waals surface area contributed by atoms with Crippen molar-refractivity contribution < 1.29 is 23.1 Å². The summed E-state index contributed by atoms with van der Waals surface area (Å²) in [5.74, 6) is -1.59. The Morgan fingerprint density at radius 3 is 2.54 bits per heavy atom. The van der Waals surface area contributed by atoms with Gasteiger partial charge in [-0.25, -0.2) is 19.2 Å². The molecule has 0 saturated carbocycles. The number of fused-ring (bicyclic) bond motifs is 1. The van der Waals surface area contributed by atoms with E-state index < -0.39 is 36.1 Å². The first-order chi connectivity index (χ1) is 18.9. The van der Waals surface area contributed by atoms with Crippen LogP contribution < -0.4 is 26.7 Å². The van der Waals surface area contributed by atoms with Crippen molar-refractivity contribution in [2.45, 2.75) is 37.4 Å². The van der Waals surface area contributed by atoms with Gasteiger partial charge in [0.25, 0.3) is 0 Å². The number of hydrogen-bond donors (Lipinski definition) is 4. The lowest BCUT2D eigenvalue weighted by atomic mass is 9.94. The van der Waals surface area contributed by atoms with Gasteiger partial charge >= 0.3 is 0 Å². The van der Waals surface area contributed by atoms with Crippen LogP contribution in [0.1, 0.15) is 12.8 Å². The molecule has 4 atom stereocenters. The van der Waals surface area contributed by atoms with Crippen LogP contribution in [0, 0.1) is 17.7 Å². The van der Waals surface area contributed by atoms with Crippen molar-refractivity contribution in [2.24, 2.45) is 17.6 Å². The second-order valence-electron chi connectivity index (χ2n) is 11.1. The largest absolute Gasteiger partial charge is 0.378 e. The van der Waals surface area contributed by atoms with Crippen molar-refractivity contribution in [3.63, 3.8) is 0 Å². The van der Waals surface area contributed by atoms with Crippen LogP contribution in [0.4, 0.5) is 20.2 Å². The van der Waals surface area contributed by atoms with Crippen molar-refractivity contribution in [3.05, 3.63) is 18.2 Å². The van der Waals surface area contributed by atoms with Gasteiger partial charge in [0.15, 0.2) is 5.82 Å². The second-order valence-corrected chi connectivity index (χ2v) is 11.1. The summed E-state index contributed by atoms with van der Waals surface area (Å²) in [5.41, 5.74) is 9.64. The SMILES string of the molecule is NC1NN2CC(F)CNC2C1C(=O)Nc1cncc(F)c1N1CCC(C(=O)N2CCN(C3COC3)CC2)CC1. The normalized spacial score (nSPS) is 31.2. The Kier molecular flexibility index (Phi) is 7.66. The summed E-state index contributed by atoms with van der Waals surface area (Å²) in [6.07, 6.45) is 1.51. The van der Waals surface area contributed by atoms with Crippen molar-refractivity contribution in [1.29, 1.82) is 0 Å². The number of rotatable bonds is 5. The Morgan fingerprint density at radius 2 is 1.85 bits per heavy atom. The van der Waals surface area contributed by atoms with Gasteiger partial charge in [0.05, 0.1) is 55.6 Å². The van der Waals surface area contributed by atoms with E-state index in [0.717, 1.165) is 45.6 Å². The fourth-order valence-corrected chi connectivity index (χ4v) is 6.39. The molecule has 5 aliphatic heterocycles. The number of aromatic nitrogens is 1. The van der Waals surface area contributed by atoms with Crippen LogP contribution in [-0.2, 0) is 14.3 Å². The highest BCUT2D eigenvalue weighted by Gasteiger charge is 2.47. The summed E-state index contributed by atoms with van der Waals surface area (Å²) in [6, 6.07) is 0.483. The lowest BCUT2D eigenvalue weighted by Crippen LogP contribution is -2.58. The van der Waals surface area contributed by atoms with Gasteiger partial charge in [0, 0.05) is 58.3 Å². The lowest BCUT2D eigenvalue weighted by molar-refractivity contribution is -0.140. The molecule has 14 heteroatoms. The van der Waals surface area contributed by atoms with Crippen molar-refractivity contribution in [1.82, 2.24) is 30.5 Å². The molecular formula is C25H37F2N9O3. The minimum absolute atomic E-state index is 0.104. The minimum Gasteiger partial charge on any atom is -0.378 e. The monoisotopic (exact) mass is 549 g/mol. The maximum absolute atomic E-state index is 15.1. The number of ether oxygens (including phenoxy) is 1. The Morgan fingerprint density at radius 1 is 1.10 bits per heavy atom. The summed E-state index contributed by atoms with van der Waals surface area (Å²) in [5, 5.41) is 7.46. The zero-order valence-corrected chi connectivity index (χ0v) is 21.9. The molecule has 0 aromatic carbocycles. The van der Waals surface area contributed by atoms with E-state index in [1.807, 2.05) is 9.80 Å². The average Bonchev–Trinajstić information content (AvgIpc) is 3.23. The number of hydrogen-bond acceptors (Lipinski definition) is 10. The van der Waals surface area contributed by atoms with Crippen LogP contribution in [-0.4, -0.2) is 122 Å². The standard InChI is InChI=1S/C25H37F2N9O3/c26-16-9-30-23-20(22(28)32-36(23)12-16)24(37)31-19-11-29-10-18(27)21(19)34-3-1-15(2-4-34)25(38)35-7-5-33(6-8-35)17-13-39-14-17/h10-11,15-17,20,22-23,30,32H,1-9,12-14,28H2,(H,31,37). The third-order valence-electron chi connectivity index (χ3n) is 8.68. The number of alkyl halides is 1. The molecule has 39 heavy (non-hydrogen) atoms. The molecule has 5 saturated heterocycles. The highest BCUT2D eigenvalue weighted by atomic mass is 19.1. The molecule has 0 bridgehead atoms. The van der Waals surface area contributed by atoms with Crippen LogP contribution in [0.2, 0.25) is 0 Å². The summed E-state index contributed by atoms with van der Waals surface area (Å²) in [4.78, 5) is 36.7. The number of hydrazine groups is 1. The van der Waals surface area contributed by atoms with Gasteiger partial charge in [0.2, 0.25) is 11.8 Å². The van der Waals surface area contributed by atoms with E-state index >= 15 is 4.39 Å². The molecule has 5 N–H and O–H groups in total. The fraction of sp³-hybridized carbons (Fsp3) is 0.720. The quantitative estimate of drug-likeness (QED) is 0.359. The van der Waals surface area contributed by atoms with E-state index in [0.29, 0.717) is 32.0 Å². The van der Waals surface area contributed by atoms with E-state index in [1.54, 1.807) is 5.01 Å².